The highest BCUT2D eigenvalue weighted by atomic mass is 15.3. The van der Waals surface area contributed by atoms with Crippen molar-refractivity contribution in [2.45, 2.75) is 52.6 Å². The van der Waals surface area contributed by atoms with Crippen LogP contribution in [0.1, 0.15) is 45.9 Å². The highest BCUT2D eigenvalue weighted by Crippen LogP contribution is 2.13. The topological polar surface area (TPSA) is 29.9 Å². The molecule has 0 radical (unpaired) electrons. The van der Waals surface area contributed by atoms with Crippen molar-refractivity contribution in [2.75, 3.05) is 7.05 Å². The molecule has 0 spiro atoms. The van der Waals surface area contributed by atoms with Crippen molar-refractivity contribution in [3.63, 3.8) is 0 Å². The Morgan fingerprint density at radius 1 is 1.31 bits per heavy atom. The number of hydrogen-bond acceptors (Lipinski definition) is 2. The Balaban J connectivity index is 2.46. The van der Waals surface area contributed by atoms with Gasteiger partial charge in [-0.05, 0) is 52.6 Å². The molecule has 0 bridgehead atoms. The summed E-state index contributed by atoms with van der Waals surface area (Å²) in [6.07, 6.45) is 4.35. The van der Waals surface area contributed by atoms with Crippen molar-refractivity contribution in [3.05, 3.63) is 18.0 Å². The molecule has 0 aromatic carbocycles. The predicted molar refractivity (Wildman–Crippen MR) is 68.6 cm³/mol. The molecule has 3 nitrogen and oxygen atoms in total. The second kappa shape index (κ2) is 6.04. The Labute approximate surface area is 99.2 Å². The Hall–Kier alpha value is -0.830. The zero-order chi connectivity index (χ0) is 12.1. The van der Waals surface area contributed by atoms with E-state index in [1.165, 1.54) is 12.1 Å². The minimum absolute atomic E-state index is 0.459. The van der Waals surface area contributed by atoms with Gasteiger partial charge in [0.2, 0.25) is 0 Å². The lowest BCUT2D eigenvalue weighted by Crippen LogP contribution is -2.24. The van der Waals surface area contributed by atoms with Crippen LogP contribution in [0.5, 0.6) is 0 Å². The van der Waals surface area contributed by atoms with Crippen LogP contribution in [-0.2, 0) is 6.42 Å². The molecule has 0 saturated carbocycles. The van der Waals surface area contributed by atoms with Gasteiger partial charge < -0.3 is 5.32 Å². The van der Waals surface area contributed by atoms with Gasteiger partial charge in [-0.3, -0.25) is 4.68 Å². The molecule has 0 aliphatic carbocycles. The number of rotatable bonds is 6. The molecule has 0 saturated heterocycles. The quantitative estimate of drug-likeness (QED) is 0.803. The highest BCUT2D eigenvalue weighted by molar-refractivity contribution is 5.00. The number of aromatic nitrogens is 2. The van der Waals surface area contributed by atoms with Gasteiger partial charge in [-0.1, -0.05) is 6.92 Å². The van der Waals surface area contributed by atoms with E-state index < -0.39 is 0 Å². The van der Waals surface area contributed by atoms with E-state index in [9.17, 15) is 0 Å². The molecule has 1 rings (SSSR count). The molecule has 0 aliphatic heterocycles. The largest absolute Gasteiger partial charge is 0.317 e. The number of nitrogens with zero attached hydrogens (tertiary/aromatic N) is 2. The van der Waals surface area contributed by atoms with E-state index in [0.29, 0.717) is 18.0 Å². The zero-order valence-corrected chi connectivity index (χ0v) is 11.2. The third-order valence-electron chi connectivity index (χ3n) is 3.00. The minimum Gasteiger partial charge on any atom is -0.317 e. The van der Waals surface area contributed by atoms with Crippen molar-refractivity contribution in [2.24, 2.45) is 5.92 Å². The summed E-state index contributed by atoms with van der Waals surface area (Å²) < 4.78 is 2.03. The third-order valence-corrected chi connectivity index (χ3v) is 3.00. The summed E-state index contributed by atoms with van der Waals surface area (Å²) in [7, 11) is 2.02. The molecule has 0 fully saturated rings. The molecule has 3 heteroatoms. The maximum absolute atomic E-state index is 4.58. The van der Waals surface area contributed by atoms with Crippen LogP contribution >= 0.6 is 0 Å². The lowest BCUT2D eigenvalue weighted by molar-refractivity contribution is 0.432. The van der Waals surface area contributed by atoms with Gasteiger partial charge in [0.05, 0.1) is 5.69 Å². The van der Waals surface area contributed by atoms with Gasteiger partial charge in [0.15, 0.2) is 0 Å². The van der Waals surface area contributed by atoms with Crippen LogP contribution in [0, 0.1) is 5.92 Å². The van der Waals surface area contributed by atoms with Crippen LogP contribution < -0.4 is 5.32 Å². The van der Waals surface area contributed by atoms with Crippen LogP contribution in [-0.4, -0.2) is 22.9 Å². The standard InChI is InChI=1S/C13H25N3/c1-10(2)16-7-6-13(15-16)9-11(3)8-12(4)14-5/h6-7,10-12,14H,8-9H2,1-5H3. The molecule has 2 unspecified atom stereocenters. The van der Waals surface area contributed by atoms with E-state index in [1.807, 2.05) is 11.7 Å². The van der Waals surface area contributed by atoms with Gasteiger partial charge >= 0.3 is 0 Å². The normalized spacial score (nSPS) is 15.4. The first-order valence-electron chi connectivity index (χ1n) is 6.24. The lowest BCUT2D eigenvalue weighted by atomic mass is 9.98. The molecule has 16 heavy (non-hydrogen) atoms. The van der Waals surface area contributed by atoms with E-state index in [4.69, 9.17) is 0 Å². The van der Waals surface area contributed by atoms with Gasteiger partial charge in [-0.2, -0.15) is 5.10 Å². The zero-order valence-electron chi connectivity index (χ0n) is 11.2. The van der Waals surface area contributed by atoms with E-state index in [1.54, 1.807) is 0 Å². The third kappa shape index (κ3) is 3.97. The molecule has 1 aromatic rings. The second-order valence-corrected chi connectivity index (χ2v) is 5.12. The van der Waals surface area contributed by atoms with Crippen LogP contribution in [0.25, 0.3) is 0 Å². The van der Waals surface area contributed by atoms with Crippen molar-refractivity contribution in [3.8, 4) is 0 Å². The molecule has 1 N–H and O–H groups in total. The SMILES string of the molecule is CNC(C)CC(C)Cc1ccn(C(C)C)n1. The molecule has 0 amide bonds. The molecule has 0 aliphatic rings. The van der Waals surface area contributed by atoms with Crippen molar-refractivity contribution in [1.29, 1.82) is 0 Å². The Bertz CT molecular complexity index is 304. The summed E-state index contributed by atoms with van der Waals surface area (Å²) in [6.45, 7) is 8.83. The Morgan fingerprint density at radius 2 is 2.00 bits per heavy atom. The molecular formula is C13H25N3. The highest BCUT2D eigenvalue weighted by Gasteiger charge is 2.10. The minimum atomic E-state index is 0.459. The van der Waals surface area contributed by atoms with Crippen LogP contribution in [0.15, 0.2) is 12.3 Å². The second-order valence-electron chi connectivity index (χ2n) is 5.12. The average molecular weight is 223 g/mol. The van der Waals surface area contributed by atoms with Crippen molar-refractivity contribution in [1.82, 2.24) is 15.1 Å². The van der Waals surface area contributed by atoms with Gasteiger partial charge in [0.1, 0.15) is 0 Å². The smallest absolute Gasteiger partial charge is 0.0627 e. The summed E-state index contributed by atoms with van der Waals surface area (Å²) >= 11 is 0. The lowest BCUT2D eigenvalue weighted by Gasteiger charge is -2.15. The number of nitrogens with one attached hydrogen (secondary N) is 1. The summed E-state index contributed by atoms with van der Waals surface area (Å²) in [5, 5.41) is 7.86. The first kappa shape index (κ1) is 13.2. The van der Waals surface area contributed by atoms with E-state index >= 15 is 0 Å². The van der Waals surface area contributed by atoms with Gasteiger partial charge in [0.25, 0.3) is 0 Å². The summed E-state index contributed by atoms with van der Waals surface area (Å²) in [5.74, 6) is 0.679. The van der Waals surface area contributed by atoms with Crippen LogP contribution in [0.3, 0.4) is 0 Å². The predicted octanol–water partition coefficient (Wildman–Crippen LogP) is 2.64. The van der Waals surface area contributed by atoms with Gasteiger partial charge in [-0.25, -0.2) is 0 Å². The molecule has 1 heterocycles. The van der Waals surface area contributed by atoms with Crippen molar-refractivity contribution >= 4 is 0 Å². The molecule has 2 atom stereocenters. The van der Waals surface area contributed by atoms with E-state index in [2.05, 4.69) is 50.4 Å². The van der Waals surface area contributed by atoms with Crippen LogP contribution in [0.2, 0.25) is 0 Å². The van der Waals surface area contributed by atoms with Gasteiger partial charge in [-0.15, -0.1) is 0 Å². The maximum atomic E-state index is 4.58. The van der Waals surface area contributed by atoms with Gasteiger partial charge in [0, 0.05) is 18.3 Å². The fraction of sp³-hybridized carbons (Fsp3) is 0.769. The van der Waals surface area contributed by atoms with Crippen molar-refractivity contribution < 1.29 is 0 Å². The monoisotopic (exact) mass is 223 g/mol. The Morgan fingerprint density at radius 3 is 2.50 bits per heavy atom. The fourth-order valence-corrected chi connectivity index (χ4v) is 1.94. The first-order chi connectivity index (χ1) is 7.52. The maximum Gasteiger partial charge on any atom is 0.0627 e. The molecule has 92 valence electrons. The summed E-state index contributed by atoms with van der Waals surface area (Å²) in [4.78, 5) is 0. The summed E-state index contributed by atoms with van der Waals surface area (Å²) in [6, 6.07) is 3.18. The molecule has 1 aromatic heterocycles. The average Bonchev–Trinajstić information content (AvgIpc) is 2.65. The molecular weight excluding hydrogens is 198 g/mol. The Kier molecular flexibility index (Phi) is 5.00. The first-order valence-corrected chi connectivity index (χ1v) is 6.24. The number of hydrogen-bond donors (Lipinski definition) is 1. The fourth-order valence-electron chi connectivity index (χ4n) is 1.94. The summed E-state index contributed by atoms with van der Waals surface area (Å²) in [5.41, 5.74) is 1.21. The van der Waals surface area contributed by atoms with Crippen LogP contribution in [0.4, 0.5) is 0 Å². The van der Waals surface area contributed by atoms with E-state index in [-0.39, 0.29) is 0 Å². The van der Waals surface area contributed by atoms with E-state index in [0.717, 1.165) is 6.42 Å².